The van der Waals surface area contributed by atoms with Crippen LogP contribution in [-0.2, 0) is 6.42 Å². The number of hydrogen-bond acceptors (Lipinski definition) is 2. The maximum absolute atomic E-state index is 8.63. The van der Waals surface area contributed by atoms with Gasteiger partial charge in [-0.25, -0.2) is 0 Å². The summed E-state index contributed by atoms with van der Waals surface area (Å²) in [5.41, 5.74) is 2.84. The first kappa shape index (κ1) is 7.05. The third kappa shape index (κ3) is 1.10. The molecule has 0 bridgehead atoms. The molecule has 2 heteroatoms. The van der Waals surface area contributed by atoms with Gasteiger partial charge in [-0.1, -0.05) is 12.2 Å². The average Bonchev–Trinajstić information content (AvgIpc) is 2.17. The van der Waals surface area contributed by atoms with E-state index in [4.69, 9.17) is 5.26 Å². The van der Waals surface area contributed by atoms with Gasteiger partial charge in [0.05, 0.1) is 5.56 Å². The van der Waals surface area contributed by atoms with E-state index in [1.165, 1.54) is 0 Å². The molecule has 0 amide bonds. The van der Waals surface area contributed by atoms with Crippen molar-refractivity contribution in [3.8, 4) is 6.07 Å². The van der Waals surface area contributed by atoms with Crippen LogP contribution in [0.1, 0.15) is 23.2 Å². The van der Waals surface area contributed by atoms with Crippen molar-refractivity contribution in [1.29, 1.82) is 5.26 Å². The number of aromatic nitrogens is 1. The van der Waals surface area contributed by atoms with Crippen LogP contribution < -0.4 is 0 Å². The Kier molecular flexibility index (Phi) is 1.64. The zero-order valence-corrected chi connectivity index (χ0v) is 6.62. The number of fused-ring (bicyclic) bond motifs is 1. The molecule has 0 aliphatic heterocycles. The van der Waals surface area contributed by atoms with Crippen LogP contribution in [0.4, 0.5) is 0 Å². The van der Waals surface area contributed by atoms with Crippen LogP contribution in [0, 0.1) is 11.3 Å². The number of hydrogen-bond donors (Lipinski definition) is 0. The minimum Gasteiger partial charge on any atom is -0.259 e. The molecule has 58 valence electrons. The van der Waals surface area contributed by atoms with Crippen LogP contribution >= 0.6 is 0 Å². The van der Waals surface area contributed by atoms with Gasteiger partial charge in [-0.15, -0.1) is 0 Å². The maximum atomic E-state index is 8.63. The summed E-state index contributed by atoms with van der Waals surface area (Å²) in [4.78, 5) is 4.22. The average molecular weight is 156 g/mol. The third-order valence-corrected chi connectivity index (χ3v) is 1.98. The Labute approximate surface area is 71.2 Å². The molecule has 2 rings (SSSR count). The van der Waals surface area contributed by atoms with Gasteiger partial charge in [0, 0.05) is 11.9 Å². The molecular formula is C10H8N2. The lowest BCUT2D eigenvalue weighted by atomic mass is 10.0. The summed E-state index contributed by atoms with van der Waals surface area (Å²) in [6, 6.07) is 3.97. The van der Waals surface area contributed by atoms with E-state index in [9.17, 15) is 0 Å². The van der Waals surface area contributed by atoms with Gasteiger partial charge in [0.1, 0.15) is 6.07 Å². The minimum absolute atomic E-state index is 0.639. The quantitative estimate of drug-likeness (QED) is 0.575. The summed E-state index contributed by atoms with van der Waals surface area (Å²) in [6.45, 7) is 0. The Morgan fingerprint density at radius 2 is 2.42 bits per heavy atom. The fourth-order valence-corrected chi connectivity index (χ4v) is 1.35. The monoisotopic (exact) mass is 156 g/mol. The zero-order valence-electron chi connectivity index (χ0n) is 6.62. The second-order valence-corrected chi connectivity index (χ2v) is 2.81. The number of allylic oxidation sites excluding steroid dienone is 1. The lowest BCUT2D eigenvalue weighted by Gasteiger charge is -2.07. The third-order valence-electron chi connectivity index (χ3n) is 1.98. The van der Waals surface area contributed by atoms with Gasteiger partial charge in [-0.2, -0.15) is 5.26 Å². The van der Waals surface area contributed by atoms with Crippen LogP contribution in [0.15, 0.2) is 18.3 Å². The smallest absolute Gasteiger partial charge is 0.101 e. The Balaban J connectivity index is 2.53. The van der Waals surface area contributed by atoms with Gasteiger partial charge in [0.25, 0.3) is 0 Å². The molecule has 0 saturated carbocycles. The molecule has 1 aromatic heterocycles. The van der Waals surface area contributed by atoms with E-state index in [2.05, 4.69) is 17.1 Å². The van der Waals surface area contributed by atoms with Crippen molar-refractivity contribution in [2.24, 2.45) is 0 Å². The fraction of sp³-hybridized carbons (Fsp3) is 0.200. The summed E-state index contributed by atoms with van der Waals surface area (Å²) >= 11 is 0. The van der Waals surface area contributed by atoms with Gasteiger partial charge in [0.2, 0.25) is 0 Å². The number of rotatable bonds is 0. The highest BCUT2D eigenvalue weighted by Gasteiger charge is 2.05. The lowest BCUT2D eigenvalue weighted by Crippen LogP contribution is -1.97. The first-order valence-electron chi connectivity index (χ1n) is 3.96. The number of nitrogens with zero attached hydrogens (tertiary/aromatic N) is 2. The molecule has 1 aliphatic carbocycles. The van der Waals surface area contributed by atoms with Gasteiger partial charge in [-0.3, -0.25) is 4.98 Å². The van der Waals surface area contributed by atoms with Crippen molar-refractivity contribution < 1.29 is 0 Å². The molecule has 12 heavy (non-hydrogen) atoms. The SMILES string of the molecule is N#Cc1cnc2c(c1)C=CCC2. The van der Waals surface area contributed by atoms with Crippen molar-refractivity contribution in [2.45, 2.75) is 12.8 Å². The summed E-state index contributed by atoms with van der Waals surface area (Å²) < 4.78 is 0. The molecule has 0 spiro atoms. The van der Waals surface area contributed by atoms with Gasteiger partial charge in [-0.05, 0) is 24.5 Å². The molecule has 1 aliphatic rings. The Hall–Kier alpha value is -1.62. The van der Waals surface area contributed by atoms with Crippen molar-refractivity contribution in [1.82, 2.24) is 4.98 Å². The van der Waals surface area contributed by atoms with Crippen LogP contribution in [-0.4, -0.2) is 4.98 Å². The molecular weight excluding hydrogens is 148 g/mol. The van der Waals surface area contributed by atoms with Gasteiger partial charge in [0.15, 0.2) is 0 Å². The molecule has 0 N–H and O–H groups in total. The molecule has 0 radical (unpaired) electrons. The predicted octanol–water partition coefficient (Wildman–Crippen LogP) is 1.91. The maximum Gasteiger partial charge on any atom is 0.101 e. The second-order valence-electron chi connectivity index (χ2n) is 2.81. The predicted molar refractivity (Wildman–Crippen MR) is 46.3 cm³/mol. The fourth-order valence-electron chi connectivity index (χ4n) is 1.35. The van der Waals surface area contributed by atoms with Crippen molar-refractivity contribution in [3.05, 3.63) is 35.2 Å². The molecule has 0 saturated heterocycles. The van der Waals surface area contributed by atoms with E-state index in [-0.39, 0.29) is 0 Å². The van der Waals surface area contributed by atoms with Crippen molar-refractivity contribution in [3.63, 3.8) is 0 Å². The minimum atomic E-state index is 0.639. The molecule has 0 unspecified atom stereocenters. The molecule has 2 nitrogen and oxygen atoms in total. The van der Waals surface area contributed by atoms with Crippen LogP contribution in [0.25, 0.3) is 6.08 Å². The van der Waals surface area contributed by atoms with Crippen LogP contribution in [0.3, 0.4) is 0 Å². The van der Waals surface area contributed by atoms with E-state index in [0.717, 1.165) is 24.1 Å². The topological polar surface area (TPSA) is 36.7 Å². The second kappa shape index (κ2) is 2.78. The zero-order chi connectivity index (χ0) is 8.39. The largest absolute Gasteiger partial charge is 0.259 e. The Morgan fingerprint density at radius 3 is 3.25 bits per heavy atom. The summed E-state index contributed by atoms with van der Waals surface area (Å²) in [6.07, 6.45) is 7.85. The highest BCUT2D eigenvalue weighted by molar-refractivity contribution is 5.56. The Bertz CT molecular complexity index is 372. The molecule has 0 atom stereocenters. The van der Waals surface area contributed by atoms with Crippen LogP contribution in [0.2, 0.25) is 0 Å². The molecule has 1 aromatic rings. The Morgan fingerprint density at radius 1 is 1.50 bits per heavy atom. The van der Waals surface area contributed by atoms with Crippen molar-refractivity contribution in [2.75, 3.05) is 0 Å². The lowest BCUT2D eigenvalue weighted by molar-refractivity contribution is 0.925. The highest BCUT2D eigenvalue weighted by atomic mass is 14.7. The summed E-state index contributed by atoms with van der Waals surface area (Å²) in [5.74, 6) is 0. The van der Waals surface area contributed by atoms with E-state index >= 15 is 0 Å². The molecule has 0 fully saturated rings. The number of nitriles is 1. The number of pyridine rings is 1. The number of aryl methyl sites for hydroxylation is 1. The standard InChI is InChI=1S/C10H8N2/c11-6-8-5-9-3-1-2-4-10(9)12-7-8/h1,3,5,7H,2,4H2. The van der Waals surface area contributed by atoms with E-state index in [0.29, 0.717) is 5.56 Å². The molecule has 1 heterocycles. The summed E-state index contributed by atoms with van der Waals surface area (Å²) in [5, 5.41) is 8.63. The highest BCUT2D eigenvalue weighted by Crippen LogP contribution is 2.17. The van der Waals surface area contributed by atoms with Crippen LogP contribution in [0.5, 0.6) is 0 Å². The first-order valence-corrected chi connectivity index (χ1v) is 3.96. The molecule has 0 aromatic carbocycles. The van der Waals surface area contributed by atoms with E-state index in [1.54, 1.807) is 6.20 Å². The van der Waals surface area contributed by atoms with E-state index in [1.807, 2.05) is 12.1 Å². The van der Waals surface area contributed by atoms with Crippen molar-refractivity contribution >= 4 is 6.08 Å². The van der Waals surface area contributed by atoms with Gasteiger partial charge < -0.3 is 0 Å². The summed E-state index contributed by atoms with van der Waals surface area (Å²) in [7, 11) is 0. The first-order chi connectivity index (χ1) is 5.90. The van der Waals surface area contributed by atoms with Gasteiger partial charge >= 0.3 is 0 Å². The van der Waals surface area contributed by atoms with E-state index < -0.39 is 0 Å². The normalized spacial score (nSPS) is 13.6.